The average Bonchev–Trinajstić information content (AvgIpc) is 3.25. The van der Waals surface area contributed by atoms with Gasteiger partial charge in [0.15, 0.2) is 0 Å². The topological polar surface area (TPSA) is 21.7 Å². The molecule has 0 radical (unpaired) electrons. The molecular weight excluding hydrogens is 322 g/mol. The summed E-state index contributed by atoms with van der Waals surface area (Å²) < 4.78 is 12.2. The Morgan fingerprint density at radius 1 is 0.846 bits per heavy atom. The van der Waals surface area contributed by atoms with Crippen LogP contribution >= 0.6 is 0 Å². The van der Waals surface area contributed by atoms with E-state index in [4.69, 9.17) is 9.47 Å². The van der Waals surface area contributed by atoms with Crippen molar-refractivity contribution in [1.82, 2.24) is 4.90 Å². The van der Waals surface area contributed by atoms with Crippen LogP contribution < -0.4 is 0 Å². The molecule has 150 valence electrons. The molecule has 3 nitrogen and oxygen atoms in total. The van der Waals surface area contributed by atoms with Crippen LogP contribution in [0.5, 0.6) is 0 Å². The van der Waals surface area contributed by atoms with E-state index in [1.165, 1.54) is 96.3 Å². The van der Waals surface area contributed by atoms with Gasteiger partial charge < -0.3 is 9.47 Å². The number of hydrogen-bond donors (Lipinski definition) is 0. The van der Waals surface area contributed by atoms with Crippen LogP contribution in [0.3, 0.4) is 0 Å². The number of allylic oxidation sites excluding steroid dienone is 1. The van der Waals surface area contributed by atoms with Crippen LogP contribution in [0.25, 0.3) is 0 Å². The molecule has 3 heteroatoms. The highest BCUT2D eigenvalue weighted by atomic mass is 16.6. The van der Waals surface area contributed by atoms with E-state index in [0.29, 0.717) is 18.5 Å². The van der Waals surface area contributed by atoms with Crippen molar-refractivity contribution in [3.63, 3.8) is 0 Å². The first kappa shape index (κ1) is 20.4. The molecule has 26 heavy (non-hydrogen) atoms. The Morgan fingerprint density at radius 3 is 2.23 bits per heavy atom. The van der Waals surface area contributed by atoms with E-state index in [1.807, 2.05) is 0 Å². The Morgan fingerprint density at radius 2 is 1.50 bits per heavy atom. The maximum Gasteiger partial charge on any atom is 0.113 e. The maximum atomic E-state index is 6.27. The third-order valence-corrected chi connectivity index (χ3v) is 6.40. The van der Waals surface area contributed by atoms with Gasteiger partial charge in [0.1, 0.15) is 12.5 Å². The number of unbranched alkanes of at least 4 members (excludes halogenated alkanes) is 11. The lowest BCUT2D eigenvalue weighted by atomic mass is 10.0. The Labute approximate surface area is 161 Å². The molecule has 0 amide bonds. The van der Waals surface area contributed by atoms with Crippen molar-refractivity contribution in [2.45, 2.75) is 128 Å². The molecule has 0 spiro atoms. The number of rotatable bonds is 13. The summed E-state index contributed by atoms with van der Waals surface area (Å²) in [5.41, 5.74) is 0. The Hall–Kier alpha value is -0.380. The van der Waals surface area contributed by atoms with E-state index in [0.717, 1.165) is 6.61 Å². The number of hydrogen-bond acceptors (Lipinski definition) is 3. The van der Waals surface area contributed by atoms with Crippen molar-refractivity contribution in [1.29, 1.82) is 0 Å². The Kier molecular flexibility index (Phi) is 8.97. The number of nitrogens with zero attached hydrogens (tertiary/aromatic N) is 1. The summed E-state index contributed by atoms with van der Waals surface area (Å²) in [6.45, 7) is 3.15. The fraction of sp³-hybridized carbons (Fsp3) is 0.913. The normalized spacial score (nSPS) is 31.1. The van der Waals surface area contributed by atoms with Gasteiger partial charge in [-0.3, -0.25) is 0 Å². The third kappa shape index (κ3) is 5.81. The highest BCUT2D eigenvalue weighted by Gasteiger charge is 2.50. The van der Waals surface area contributed by atoms with E-state index < -0.39 is 0 Å². The molecule has 0 aromatic heterocycles. The standard InChI is InChI=1S/C23H41NO2/c1-2-3-4-5-6-7-8-9-10-11-12-13-14-16-21-20-19-25-22-17-15-18-23(26-21)24(20)22/h14,16,20-23H,2-13,15,17-19H2,1H3/b16-14+/t20-,21-,22+,23-/m0/s1. The molecular formula is C23H41NO2. The molecule has 0 aromatic carbocycles. The van der Waals surface area contributed by atoms with E-state index in [1.54, 1.807) is 0 Å². The van der Waals surface area contributed by atoms with Gasteiger partial charge in [0.05, 0.1) is 18.8 Å². The summed E-state index contributed by atoms with van der Waals surface area (Å²) in [6.07, 6.45) is 26.0. The van der Waals surface area contributed by atoms with Gasteiger partial charge in [-0.25, -0.2) is 4.90 Å². The van der Waals surface area contributed by atoms with E-state index in [9.17, 15) is 0 Å². The highest BCUT2D eigenvalue weighted by Crippen LogP contribution is 2.39. The second-order valence-electron chi connectivity index (χ2n) is 8.54. The lowest BCUT2D eigenvalue weighted by Crippen LogP contribution is -2.43. The van der Waals surface area contributed by atoms with E-state index in [2.05, 4.69) is 24.0 Å². The van der Waals surface area contributed by atoms with Gasteiger partial charge >= 0.3 is 0 Å². The molecule has 3 aliphatic rings. The van der Waals surface area contributed by atoms with Crippen LogP contribution in [0.2, 0.25) is 0 Å². The number of ether oxygens (including phenoxy) is 2. The minimum Gasteiger partial charge on any atom is -0.361 e. The maximum absolute atomic E-state index is 6.27. The van der Waals surface area contributed by atoms with Gasteiger partial charge in [-0.05, 0) is 32.1 Å². The lowest BCUT2D eigenvalue weighted by molar-refractivity contribution is -0.0938. The highest BCUT2D eigenvalue weighted by molar-refractivity contribution is 5.05. The van der Waals surface area contributed by atoms with Gasteiger partial charge in [-0.2, -0.15) is 0 Å². The van der Waals surface area contributed by atoms with Crippen molar-refractivity contribution in [2.24, 2.45) is 0 Å². The molecule has 0 aromatic rings. The van der Waals surface area contributed by atoms with Gasteiger partial charge in [-0.1, -0.05) is 83.3 Å². The zero-order chi connectivity index (χ0) is 18.0. The summed E-state index contributed by atoms with van der Waals surface area (Å²) in [5.74, 6) is 0. The van der Waals surface area contributed by atoms with Crippen LogP contribution in [0.4, 0.5) is 0 Å². The Balaban J connectivity index is 1.18. The molecule has 0 bridgehead atoms. The van der Waals surface area contributed by atoms with E-state index >= 15 is 0 Å². The lowest BCUT2D eigenvalue weighted by Gasteiger charge is -2.31. The Bertz CT molecular complexity index is 411. The predicted molar refractivity (Wildman–Crippen MR) is 108 cm³/mol. The fourth-order valence-electron chi connectivity index (χ4n) is 4.85. The number of piperidine rings is 1. The van der Waals surface area contributed by atoms with Crippen molar-refractivity contribution in [3.8, 4) is 0 Å². The minimum atomic E-state index is 0.260. The van der Waals surface area contributed by atoms with Gasteiger partial charge in [0.25, 0.3) is 0 Å². The SMILES string of the molecule is CCCCCCCCCCCCC/C=C/[C@@H]1O[C@H]2CCC[C@H]3OC[C@@H]1N23. The van der Waals surface area contributed by atoms with Crippen LogP contribution in [0.15, 0.2) is 12.2 Å². The van der Waals surface area contributed by atoms with Crippen LogP contribution in [0, 0.1) is 0 Å². The first-order valence-electron chi connectivity index (χ1n) is 11.6. The fourth-order valence-corrected chi connectivity index (χ4v) is 4.85. The quantitative estimate of drug-likeness (QED) is 0.288. The van der Waals surface area contributed by atoms with Crippen molar-refractivity contribution >= 4 is 0 Å². The summed E-state index contributed by atoms with van der Waals surface area (Å²) in [4.78, 5) is 2.50. The molecule has 0 N–H and O–H groups in total. The molecule has 3 rings (SSSR count). The van der Waals surface area contributed by atoms with Crippen molar-refractivity contribution < 1.29 is 9.47 Å². The van der Waals surface area contributed by atoms with Crippen LogP contribution in [-0.2, 0) is 9.47 Å². The predicted octanol–water partition coefficient (Wildman–Crippen LogP) is 6.18. The average molecular weight is 364 g/mol. The van der Waals surface area contributed by atoms with Crippen LogP contribution in [0.1, 0.15) is 103 Å². The first-order valence-corrected chi connectivity index (χ1v) is 11.6. The van der Waals surface area contributed by atoms with Gasteiger partial charge in [-0.15, -0.1) is 0 Å². The molecule has 3 heterocycles. The second kappa shape index (κ2) is 11.5. The summed E-state index contributed by atoms with van der Waals surface area (Å²) >= 11 is 0. The third-order valence-electron chi connectivity index (χ3n) is 6.40. The first-order chi connectivity index (χ1) is 12.9. The summed E-state index contributed by atoms with van der Waals surface area (Å²) in [5, 5.41) is 0. The van der Waals surface area contributed by atoms with Crippen LogP contribution in [-0.4, -0.2) is 36.1 Å². The monoisotopic (exact) mass is 363 g/mol. The smallest absolute Gasteiger partial charge is 0.113 e. The van der Waals surface area contributed by atoms with E-state index in [-0.39, 0.29) is 6.10 Å². The second-order valence-corrected chi connectivity index (χ2v) is 8.54. The largest absolute Gasteiger partial charge is 0.361 e. The minimum absolute atomic E-state index is 0.260. The summed E-state index contributed by atoms with van der Waals surface area (Å²) in [6, 6.07) is 0.471. The van der Waals surface area contributed by atoms with Crippen molar-refractivity contribution in [2.75, 3.05) is 6.61 Å². The van der Waals surface area contributed by atoms with Gasteiger partial charge in [0, 0.05) is 0 Å². The summed E-state index contributed by atoms with van der Waals surface area (Å²) in [7, 11) is 0. The molecule has 4 atom stereocenters. The zero-order valence-corrected chi connectivity index (χ0v) is 17.0. The molecule has 3 saturated heterocycles. The van der Waals surface area contributed by atoms with Crippen molar-refractivity contribution in [3.05, 3.63) is 12.2 Å². The molecule has 3 fully saturated rings. The van der Waals surface area contributed by atoms with Gasteiger partial charge in [0.2, 0.25) is 0 Å². The molecule has 0 aliphatic carbocycles. The molecule has 0 saturated carbocycles. The molecule has 3 aliphatic heterocycles. The zero-order valence-electron chi connectivity index (χ0n) is 17.0. The molecule has 0 unspecified atom stereocenters.